The minimum Gasteiger partial charge on any atom is -0.493 e. The van der Waals surface area contributed by atoms with Crippen molar-refractivity contribution < 1.29 is 19.0 Å². The Kier molecular flexibility index (Phi) is 13.8. The smallest absolute Gasteiger partial charge is 0.226 e. The molecule has 0 bridgehead atoms. The molecule has 0 aromatic heterocycles. The zero-order chi connectivity index (χ0) is 30.3. The summed E-state index contributed by atoms with van der Waals surface area (Å²) in [6, 6.07) is 15.8. The third kappa shape index (κ3) is 10.9. The van der Waals surface area contributed by atoms with Gasteiger partial charge in [0.25, 0.3) is 0 Å². The van der Waals surface area contributed by atoms with Gasteiger partial charge in [-0.05, 0) is 61.5 Å². The molecule has 2 aliphatic rings. The van der Waals surface area contributed by atoms with Crippen molar-refractivity contribution in [2.24, 2.45) is 10.7 Å². The minimum atomic E-state index is -0.134. The number of likely N-dealkylation sites (tertiary alicyclic amines) is 1. The summed E-state index contributed by atoms with van der Waals surface area (Å²) in [6.45, 7) is 11.1. The fourth-order valence-electron chi connectivity index (χ4n) is 5.76. The Morgan fingerprint density at radius 2 is 1.77 bits per heavy atom. The Balaban J connectivity index is 1.34. The first-order chi connectivity index (χ1) is 21.1. The molecule has 9 heteroatoms. The number of aryl methyl sites for hydroxylation is 1. The van der Waals surface area contributed by atoms with Gasteiger partial charge in [-0.25, -0.2) is 0 Å². The van der Waals surface area contributed by atoms with Crippen LogP contribution in [0, 0.1) is 0 Å². The molecule has 9 nitrogen and oxygen atoms in total. The van der Waals surface area contributed by atoms with Crippen LogP contribution in [0.25, 0.3) is 11.1 Å². The molecule has 2 saturated heterocycles. The molecule has 1 amide bonds. The second-order valence-corrected chi connectivity index (χ2v) is 11.5. The fourth-order valence-corrected chi connectivity index (χ4v) is 5.76. The highest BCUT2D eigenvalue weighted by Gasteiger charge is 2.25. The molecule has 2 fully saturated rings. The summed E-state index contributed by atoms with van der Waals surface area (Å²) < 4.78 is 17.0. The number of amides is 1. The van der Waals surface area contributed by atoms with Gasteiger partial charge in [0.05, 0.1) is 19.8 Å². The number of unbranched alkanes of at least 4 members (excludes halogenated alkanes) is 1. The minimum absolute atomic E-state index is 0.134. The molecule has 4 rings (SSSR count). The Morgan fingerprint density at radius 1 is 1.02 bits per heavy atom. The molecule has 0 spiro atoms. The summed E-state index contributed by atoms with van der Waals surface area (Å²) >= 11 is 0. The Labute approximate surface area is 257 Å². The number of nitrogens with two attached hydrogens (primary N) is 1. The van der Waals surface area contributed by atoms with Crippen LogP contribution in [0.15, 0.2) is 47.5 Å². The molecule has 2 aromatic carbocycles. The third-order valence-electron chi connectivity index (χ3n) is 8.29. The molecule has 2 heterocycles. The van der Waals surface area contributed by atoms with Crippen LogP contribution in [0.2, 0.25) is 0 Å². The van der Waals surface area contributed by atoms with E-state index in [9.17, 15) is 4.79 Å². The van der Waals surface area contributed by atoms with E-state index in [0.29, 0.717) is 38.6 Å². The molecule has 2 aromatic rings. The number of nitrogens with one attached hydrogen (secondary N) is 1. The Morgan fingerprint density at radius 3 is 2.49 bits per heavy atom. The van der Waals surface area contributed by atoms with E-state index in [0.717, 1.165) is 87.6 Å². The molecule has 0 atom stereocenters. The number of guanidine groups is 1. The average molecular weight is 594 g/mol. The summed E-state index contributed by atoms with van der Waals surface area (Å²) in [5, 5.41) is 2.69. The standard InChI is InChI=1S/C34H51N5O4/c1-3-4-16-36-34(35)37-33(40)13-9-27-8-12-31(32(25-27)43-22-5-21-41-2)29-10-6-28(7-11-29)26-38-17-14-30(15-18-38)39-19-23-42-24-20-39/h6-8,10-12,25,30H,3-5,9,13-24,26H2,1-2H3,(H3,35,36,37,40). The van der Waals surface area contributed by atoms with E-state index < -0.39 is 0 Å². The fraction of sp³-hybridized carbons (Fsp3) is 0.588. The molecular formula is C34H51N5O4. The zero-order valence-electron chi connectivity index (χ0n) is 26.2. The first-order valence-corrected chi connectivity index (χ1v) is 16.0. The third-order valence-corrected chi connectivity index (χ3v) is 8.29. The van der Waals surface area contributed by atoms with Crippen molar-refractivity contribution in [1.82, 2.24) is 15.1 Å². The van der Waals surface area contributed by atoms with Crippen LogP contribution in [-0.2, 0) is 27.2 Å². The van der Waals surface area contributed by atoms with Gasteiger partial charge in [-0.3, -0.25) is 24.9 Å². The maximum absolute atomic E-state index is 12.4. The lowest BCUT2D eigenvalue weighted by atomic mass is 9.99. The molecule has 0 saturated carbocycles. The van der Waals surface area contributed by atoms with Gasteiger partial charge < -0.3 is 19.9 Å². The molecule has 2 aliphatic heterocycles. The van der Waals surface area contributed by atoms with Gasteiger partial charge in [0, 0.05) is 64.3 Å². The molecule has 236 valence electrons. The number of rotatable bonds is 15. The number of methoxy groups -OCH3 is 1. The van der Waals surface area contributed by atoms with Crippen LogP contribution >= 0.6 is 0 Å². The molecule has 0 unspecified atom stereocenters. The van der Waals surface area contributed by atoms with Crippen LogP contribution in [0.5, 0.6) is 5.75 Å². The summed E-state index contributed by atoms with van der Waals surface area (Å²) in [5.41, 5.74) is 10.4. The highest BCUT2D eigenvalue weighted by atomic mass is 16.5. The number of morpholine rings is 1. The molecular weight excluding hydrogens is 542 g/mol. The predicted molar refractivity (Wildman–Crippen MR) is 172 cm³/mol. The lowest BCUT2D eigenvalue weighted by molar-refractivity contribution is -0.119. The van der Waals surface area contributed by atoms with E-state index in [1.165, 1.54) is 18.4 Å². The normalized spacial score (nSPS) is 17.2. The number of nitrogens with zero attached hydrogens (tertiary/aromatic N) is 3. The summed E-state index contributed by atoms with van der Waals surface area (Å²) in [6.07, 6.45) is 6.17. The van der Waals surface area contributed by atoms with Crippen molar-refractivity contribution in [3.8, 4) is 16.9 Å². The van der Waals surface area contributed by atoms with Gasteiger partial charge in [-0.2, -0.15) is 0 Å². The quantitative estimate of drug-likeness (QED) is 0.181. The van der Waals surface area contributed by atoms with E-state index in [-0.39, 0.29) is 11.9 Å². The number of hydrogen-bond acceptors (Lipinski definition) is 7. The van der Waals surface area contributed by atoms with Crippen LogP contribution in [0.3, 0.4) is 0 Å². The van der Waals surface area contributed by atoms with Gasteiger partial charge in [0.2, 0.25) is 5.91 Å². The second-order valence-electron chi connectivity index (χ2n) is 11.5. The monoisotopic (exact) mass is 593 g/mol. The number of piperidine rings is 1. The highest BCUT2D eigenvalue weighted by molar-refractivity contribution is 5.96. The average Bonchev–Trinajstić information content (AvgIpc) is 3.03. The number of ether oxygens (including phenoxy) is 3. The van der Waals surface area contributed by atoms with Gasteiger partial charge in [-0.15, -0.1) is 0 Å². The number of hydrogen-bond donors (Lipinski definition) is 2. The summed E-state index contributed by atoms with van der Waals surface area (Å²) in [4.78, 5) is 21.8. The van der Waals surface area contributed by atoms with Crippen LogP contribution in [0.4, 0.5) is 0 Å². The molecule has 3 N–H and O–H groups in total. The number of aliphatic imine (C=N–C) groups is 1. The topological polar surface area (TPSA) is 102 Å². The Hall–Kier alpha value is -2.98. The predicted octanol–water partition coefficient (Wildman–Crippen LogP) is 4.23. The van der Waals surface area contributed by atoms with E-state index >= 15 is 0 Å². The SMILES string of the molecule is CCCCN=C(N)NC(=O)CCc1ccc(-c2ccc(CN3CCC(N4CCOCC4)CC3)cc2)c(OCCCOC)c1. The van der Waals surface area contributed by atoms with E-state index in [2.05, 4.69) is 69.5 Å². The summed E-state index contributed by atoms with van der Waals surface area (Å²) in [7, 11) is 1.70. The first kappa shape index (κ1) is 32.9. The Bertz CT molecular complexity index is 1140. The number of benzene rings is 2. The van der Waals surface area contributed by atoms with Crippen molar-refractivity contribution >= 4 is 11.9 Å². The van der Waals surface area contributed by atoms with E-state index in [4.69, 9.17) is 19.9 Å². The van der Waals surface area contributed by atoms with E-state index in [1.807, 2.05) is 0 Å². The van der Waals surface area contributed by atoms with Crippen molar-refractivity contribution in [1.29, 1.82) is 0 Å². The molecule has 43 heavy (non-hydrogen) atoms. The van der Waals surface area contributed by atoms with Crippen molar-refractivity contribution in [3.05, 3.63) is 53.6 Å². The van der Waals surface area contributed by atoms with Crippen LogP contribution < -0.4 is 15.8 Å². The largest absolute Gasteiger partial charge is 0.493 e. The number of carbonyl (C=O) groups is 1. The van der Waals surface area contributed by atoms with Gasteiger partial charge in [0.15, 0.2) is 5.96 Å². The van der Waals surface area contributed by atoms with Crippen LogP contribution in [0.1, 0.15) is 56.6 Å². The highest BCUT2D eigenvalue weighted by Crippen LogP contribution is 2.32. The molecule has 0 radical (unpaired) electrons. The van der Waals surface area contributed by atoms with Crippen LogP contribution in [-0.4, -0.2) is 94.0 Å². The maximum atomic E-state index is 12.4. The van der Waals surface area contributed by atoms with Crippen molar-refractivity contribution in [2.75, 3.05) is 66.3 Å². The van der Waals surface area contributed by atoms with Gasteiger partial charge in [-0.1, -0.05) is 49.7 Å². The van der Waals surface area contributed by atoms with Crippen molar-refractivity contribution in [3.63, 3.8) is 0 Å². The zero-order valence-corrected chi connectivity index (χ0v) is 26.2. The lowest BCUT2D eigenvalue weighted by Gasteiger charge is -2.40. The van der Waals surface area contributed by atoms with Gasteiger partial charge >= 0.3 is 0 Å². The maximum Gasteiger partial charge on any atom is 0.226 e. The first-order valence-electron chi connectivity index (χ1n) is 16.0. The van der Waals surface area contributed by atoms with Gasteiger partial charge in [0.1, 0.15) is 5.75 Å². The lowest BCUT2D eigenvalue weighted by Crippen LogP contribution is -2.48. The summed E-state index contributed by atoms with van der Waals surface area (Å²) in [5.74, 6) is 0.884. The second kappa shape index (κ2) is 18.0. The van der Waals surface area contributed by atoms with E-state index in [1.54, 1.807) is 7.11 Å². The molecule has 0 aliphatic carbocycles. The number of carbonyl (C=O) groups excluding carboxylic acids is 1. The van der Waals surface area contributed by atoms with Crippen molar-refractivity contribution in [2.45, 2.75) is 64.5 Å².